The lowest BCUT2D eigenvalue weighted by atomic mass is 10.0. The van der Waals surface area contributed by atoms with E-state index in [0.29, 0.717) is 6.42 Å². The van der Waals surface area contributed by atoms with Crippen LogP contribution >= 0.6 is 0 Å². The third kappa shape index (κ3) is 38.6. The largest absolute Gasteiger partial charge is 0.394 e. The maximum atomic E-state index is 12.5. The summed E-state index contributed by atoms with van der Waals surface area (Å²) in [5, 5.41) is 33.1. The first-order chi connectivity index (χ1) is 26.6. The van der Waals surface area contributed by atoms with Gasteiger partial charge in [-0.05, 0) is 70.6 Å². The Hall–Kier alpha value is -1.69. The Labute approximate surface area is 336 Å². The van der Waals surface area contributed by atoms with E-state index in [0.717, 1.165) is 57.8 Å². The second-order valence-electron chi connectivity index (χ2n) is 15.9. The molecule has 5 nitrogen and oxygen atoms in total. The number of amides is 1. The van der Waals surface area contributed by atoms with Gasteiger partial charge >= 0.3 is 0 Å². The predicted octanol–water partition coefficient (Wildman–Crippen LogP) is 13.7. The summed E-state index contributed by atoms with van der Waals surface area (Å²) in [5.74, 6) is -0.526. The van der Waals surface area contributed by atoms with E-state index < -0.39 is 24.2 Å². The topological polar surface area (TPSA) is 89.8 Å². The molecule has 0 saturated carbocycles. The minimum absolute atomic E-state index is 0.386. The first-order valence-electron chi connectivity index (χ1n) is 23.5. The highest BCUT2D eigenvalue weighted by Gasteiger charge is 2.22. The summed E-state index contributed by atoms with van der Waals surface area (Å²) in [6.45, 7) is 4.16. The van der Waals surface area contributed by atoms with Gasteiger partial charge in [-0.3, -0.25) is 4.79 Å². The van der Waals surface area contributed by atoms with Crippen molar-refractivity contribution in [3.05, 3.63) is 48.6 Å². The van der Waals surface area contributed by atoms with Crippen LogP contribution in [0.15, 0.2) is 48.6 Å². The van der Waals surface area contributed by atoms with E-state index in [9.17, 15) is 20.1 Å². The standard InChI is InChI=1S/C49H91NO4/c1-3-5-7-9-11-13-15-17-19-20-21-22-23-24-25-26-27-28-30-31-33-35-37-39-41-43-47(52)46(45-51)50-49(54)48(53)44-42-40-38-36-34-32-29-18-16-14-12-10-8-6-4-2/h27-29,32-33,35,41,43,46-48,51-53H,3-26,30-31,34,36-40,42,44-45H2,1-2H3,(H,50,54)/b28-27+,32-29-,35-33+,43-41+. The van der Waals surface area contributed by atoms with Gasteiger partial charge in [-0.25, -0.2) is 0 Å². The van der Waals surface area contributed by atoms with Gasteiger partial charge in [0, 0.05) is 0 Å². The molecule has 0 aliphatic rings. The molecule has 0 radical (unpaired) electrons. The summed E-state index contributed by atoms with van der Waals surface area (Å²) in [4.78, 5) is 12.5. The zero-order chi connectivity index (χ0) is 39.4. The fourth-order valence-electron chi connectivity index (χ4n) is 6.92. The second-order valence-corrected chi connectivity index (χ2v) is 15.9. The fourth-order valence-corrected chi connectivity index (χ4v) is 6.92. The van der Waals surface area contributed by atoms with Crippen LogP contribution in [0.4, 0.5) is 0 Å². The number of nitrogens with one attached hydrogen (secondary N) is 1. The van der Waals surface area contributed by atoms with Crippen molar-refractivity contribution < 1.29 is 20.1 Å². The number of hydrogen-bond acceptors (Lipinski definition) is 4. The van der Waals surface area contributed by atoms with Crippen molar-refractivity contribution in [3.8, 4) is 0 Å². The Bertz CT molecular complexity index is 881. The zero-order valence-electron chi connectivity index (χ0n) is 35.8. The Balaban J connectivity index is 3.73. The number of aliphatic hydroxyl groups excluding tert-OH is 3. The lowest BCUT2D eigenvalue weighted by molar-refractivity contribution is -0.131. The van der Waals surface area contributed by atoms with E-state index in [1.54, 1.807) is 6.08 Å². The molecule has 0 aliphatic carbocycles. The first-order valence-corrected chi connectivity index (χ1v) is 23.5. The summed E-state index contributed by atoms with van der Waals surface area (Å²) < 4.78 is 0. The van der Waals surface area contributed by atoms with Crippen molar-refractivity contribution in [1.82, 2.24) is 5.32 Å². The molecule has 0 saturated heterocycles. The average Bonchev–Trinajstić information content (AvgIpc) is 3.18. The Kier molecular flexibility index (Phi) is 42.7. The van der Waals surface area contributed by atoms with Gasteiger partial charge in [-0.15, -0.1) is 0 Å². The maximum Gasteiger partial charge on any atom is 0.249 e. The number of rotatable bonds is 42. The summed E-state index contributed by atoms with van der Waals surface area (Å²) >= 11 is 0. The van der Waals surface area contributed by atoms with Crippen molar-refractivity contribution >= 4 is 5.91 Å². The molecule has 0 aromatic carbocycles. The molecule has 5 heteroatoms. The van der Waals surface area contributed by atoms with E-state index >= 15 is 0 Å². The van der Waals surface area contributed by atoms with Crippen LogP contribution in [-0.2, 0) is 4.79 Å². The van der Waals surface area contributed by atoms with Crippen molar-refractivity contribution in [2.24, 2.45) is 0 Å². The number of carbonyl (C=O) groups excluding carboxylic acids is 1. The highest BCUT2D eigenvalue weighted by Crippen LogP contribution is 2.15. The molecule has 0 aromatic heterocycles. The van der Waals surface area contributed by atoms with Gasteiger partial charge in [0.25, 0.3) is 0 Å². The van der Waals surface area contributed by atoms with Crippen LogP contribution in [0, 0.1) is 0 Å². The molecule has 0 fully saturated rings. The van der Waals surface area contributed by atoms with E-state index in [1.165, 1.54) is 154 Å². The minimum atomic E-state index is -1.12. The molecule has 4 N–H and O–H groups in total. The molecule has 0 aromatic rings. The number of unbranched alkanes of at least 4 members (excludes halogenated alkanes) is 28. The number of allylic oxidation sites excluding steroid dienone is 7. The van der Waals surface area contributed by atoms with Gasteiger partial charge < -0.3 is 20.6 Å². The monoisotopic (exact) mass is 758 g/mol. The Morgan fingerprint density at radius 3 is 1.13 bits per heavy atom. The van der Waals surface area contributed by atoms with Gasteiger partial charge in [0.2, 0.25) is 5.91 Å². The van der Waals surface area contributed by atoms with Gasteiger partial charge in [0.1, 0.15) is 6.10 Å². The van der Waals surface area contributed by atoms with Gasteiger partial charge in [-0.1, -0.05) is 210 Å². The maximum absolute atomic E-state index is 12.5. The van der Waals surface area contributed by atoms with Crippen LogP contribution in [0.3, 0.4) is 0 Å². The third-order valence-electron chi connectivity index (χ3n) is 10.6. The first kappa shape index (κ1) is 52.3. The lowest BCUT2D eigenvalue weighted by Gasteiger charge is -2.21. The molecule has 0 spiro atoms. The van der Waals surface area contributed by atoms with Gasteiger partial charge in [-0.2, -0.15) is 0 Å². The molecule has 316 valence electrons. The molecule has 1 amide bonds. The summed E-state index contributed by atoms with van der Waals surface area (Å²) in [7, 11) is 0. The van der Waals surface area contributed by atoms with E-state index in [4.69, 9.17) is 0 Å². The summed E-state index contributed by atoms with van der Waals surface area (Å²) in [6, 6.07) is -0.826. The smallest absolute Gasteiger partial charge is 0.249 e. The molecule has 0 aliphatic heterocycles. The van der Waals surface area contributed by atoms with E-state index in [1.807, 2.05) is 6.08 Å². The molecular formula is C49H91NO4. The summed E-state index contributed by atoms with van der Waals surface area (Å²) in [5.41, 5.74) is 0. The van der Waals surface area contributed by atoms with Crippen LogP contribution in [0.25, 0.3) is 0 Å². The average molecular weight is 758 g/mol. The number of aliphatic hydroxyl groups is 3. The highest BCUT2D eigenvalue weighted by molar-refractivity contribution is 5.80. The Morgan fingerprint density at radius 1 is 0.444 bits per heavy atom. The van der Waals surface area contributed by atoms with Crippen molar-refractivity contribution in [2.75, 3.05) is 6.61 Å². The number of carbonyl (C=O) groups is 1. The van der Waals surface area contributed by atoms with Gasteiger partial charge in [0.05, 0.1) is 18.8 Å². The lowest BCUT2D eigenvalue weighted by Crippen LogP contribution is -2.48. The minimum Gasteiger partial charge on any atom is -0.394 e. The van der Waals surface area contributed by atoms with Gasteiger partial charge in [0.15, 0.2) is 0 Å². The zero-order valence-corrected chi connectivity index (χ0v) is 35.8. The van der Waals surface area contributed by atoms with E-state index in [2.05, 4.69) is 55.6 Å². The fraction of sp³-hybridized carbons (Fsp3) is 0.816. The number of hydrogen-bond donors (Lipinski definition) is 4. The van der Waals surface area contributed by atoms with Crippen LogP contribution < -0.4 is 5.32 Å². The SMILES string of the molecule is CCCCCCCCC/C=C\CCCCCCC(O)C(=O)NC(CO)C(O)/C=C/CC/C=C/CC/C=C/CCCCCCCCCCCCCCCCC. The molecule has 0 bridgehead atoms. The van der Waals surface area contributed by atoms with Crippen LogP contribution in [-0.4, -0.2) is 46.1 Å². The van der Waals surface area contributed by atoms with Crippen LogP contribution in [0.5, 0.6) is 0 Å². The molecular weight excluding hydrogens is 667 g/mol. The Morgan fingerprint density at radius 2 is 0.759 bits per heavy atom. The second kappa shape index (κ2) is 44.0. The van der Waals surface area contributed by atoms with Crippen molar-refractivity contribution in [3.63, 3.8) is 0 Å². The highest BCUT2D eigenvalue weighted by atomic mass is 16.3. The van der Waals surface area contributed by atoms with E-state index in [-0.39, 0.29) is 6.61 Å². The molecule has 3 atom stereocenters. The van der Waals surface area contributed by atoms with Crippen molar-refractivity contribution in [1.29, 1.82) is 0 Å². The molecule has 3 unspecified atom stereocenters. The normalized spacial score (nSPS) is 13.9. The third-order valence-corrected chi connectivity index (χ3v) is 10.6. The van der Waals surface area contributed by atoms with Crippen LogP contribution in [0.1, 0.15) is 232 Å². The van der Waals surface area contributed by atoms with Crippen molar-refractivity contribution in [2.45, 2.75) is 250 Å². The molecule has 0 rings (SSSR count). The predicted molar refractivity (Wildman–Crippen MR) is 236 cm³/mol. The van der Waals surface area contributed by atoms with Crippen LogP contribution in [0.2, 0.25) is 0 Å². The molecule has 54 heavy (non-hydrogen) atoms. The summed E-state index contributed by atoms with van der Waals surface area (Å²) in [6.07, 6.45) is 57.3. The molecule has 0 heterocycles. The quantitative estimate of drug-likeness (QED) is 0.0369.